The van der Waals surface area contributed by atoms with E-state index in [4.69, 9.17) is 12.2 Å². The number of H-pyrrole nitrogens is 2. The maximum absolute atomic E-state index is 13.1. The number of rotatable bonds is 11. The van der Waals surface area contributed by atoms with Crippen LogP contribution < -0.4 is 10.6 Å². The maximum Gasteiger partial charge on any atom is 0.326 e. The summed E-state index contributed by atoms with van der Waals surface area (Å²) in [5, 5.41) is 15.0. The molecule has 0 unspecified atom stereocenters. The lowest BCUT2D eigenvalue weighted by molar-refractivity contribution is -0.139. The van der Waals surface area contributed by atoms with E-state index >= 15 is 0 Å². The molecule has 1 atom stereocenters. The number of carboxylic acid groups (broad SMARTS) is 1. The monoisotopic (exact) mass is 512 g/mol. The molecule has 0 fully saturated rings. The lowest BCUT2D eigenvalue weighted by Crippen LogP contribution is -2.41. The van der Waals surface area contributed by atoms with Crippen molar-refractivity contribution in [3.63, 3.8) is 0 Å². The molecule has 2 amide bonds. The molecule has 184 valence electrons. The molecule has 1 heterocycles. The summed E-state index contributed by atoms with van der Waals surface area (Å²) in [6.07, 6.45) is 4.69. The molecule has 3 rings (SSSR count). The Labute approximate surface area is 212 Å². The molecule has 2 aromatic carbocycles. The Bertz CT molecular complexity index is 1270. The fraction of sp³-hybridized carbons (Fsp3) is 0.280. The summed E-state index contributed by atoms with van der Waals surface area (Å²) in [6, 6.07) is 11.6. The number of aliphatic carboxylic acids is 1. The van der Waals surface area contributed by atoms with Crippen molar-refractivity contribution in [3.8, 4) is 11.1 Å². The normalized spacial score (nSPS) is 11.6. The number of thioether (sulfide) groups is 1. The van der Waals surface area contributed by atoms with Gasteiger partial charge in [-0.2, -0.15) is 11.8 Å². The molecule has 0 spiro atoms. The highest BCUT2D eigenvalue weighted by Gasteiger charge is 2.23. The quantitative estimate of drug-likeness (QED) is 0.240. The molecule has 0 saturated heterocycles. The minimum absolute atomic E-state index is 0.179. The summed E-state index contributed by atoms with van der Waals surface area (Å²) in [5.74, 6) is -1.11. The third-order valence-corrected chi connectivity index (χ3v) is 6.33. The first-order valence-electron chi connectivity index (χ1n) is 11.1. The van der Waals surface area contributed by atoms with Crippen LogP contribution >= 0.6 is 24.0 Å². The summed E-state index contributed by atoms with van der Waals surface area (Å²) in [4.78, 5) is 43.2. The number of aromatic nitrogens is 2. The predicted molar refractivity (Wildman–Crippen MR) is 141 cm³/mol. The van der Waals surface area contributed by atoms with Gasteiger partial charge in [0.25, 0.3) is 5.91 Å². The second-order valence-electron chi connectivity index (χ2n) is 8.04. The van der Waals surface area contributed by atoms with Gasteiger partial charge in [0.2, 0.25) is 5.91 Å². The summed E-state index contributed by atoms with van der Waals surface area (Å²) >= 11 is 6.52. The van der Waals surface area contributed by atoms with Crippen LogP contribution in [0.2, 0.25) is 0 Å². The van der Waals surface area contributed by atoms with Gasteiger partial charge in [0.05, 0.1) is 0 Å². The van der Waals surface area contributed by atoms with E-state index in [1.165, 1.54) is 11.8 Å². The number of imidazole rings is 1. The van der Waals surface area contributed by atoms with Crippen LogP contribution in [0.25, 0.3) is 11.1 Å². The van der Waals surface area contributed by atoms with Crippen molar-refractivity contribution >= 4 is 47.5 Å². The molecule has 0 saturated carbocycles. The van der Waals surface area contributed by atoms with Gasteiger partial charge in [-0.15, -0.1) is 0 Å². The van der Waals surface area contributed by atoms with Gasteiger partial charge in [0, 0.05) is 29.6 Å². The summed E-state index contributed by atoms with van der Waals surface area (Å²) in [6.45, 7) is 1.93. The fourth-order valence-electron chi connectivity index (χ4n) is 3.62. The van der Waals surface area contributed by atoms with Crippen LogP contribution in [0.5, 0.6) is 0 Å². The molecule has 5 N–H and O–H groups in total. The first-order chi connectivity index (χ1) is 16.8. The first kappa shape index (κ1) is 26.2. The van der Waals surface area contributed by atoms with E-state index in [-0.39, 0.29) is 12.3 Å². The topological polar surface area (TPSA) is 127 Å². The van der Waals surface area contributed by atoms with Gasteiger partial charge in [-0.05, 0) is 78.9 Å². The van der Waals surface area contributed by atoms with Crippen LogP contribution in [0.15, 0.2) is 48.7 Å². The van der Waals surface area contributed by atoms with Gasteiger partial charge in [-0.25, -0.2) is 4.79 Å². The molecule has 35 heavy (non-hydrogen) atoms. The van der Waals surface area contributed by atoms with E-state index in [0.29, 0.717) is 40.2 Å². The number of aryl methyl sites for hydroxylation is 2. The SMILES string of the molecule is CSCC[C@H](NC(=O)c1ccc(NC(=O)CCc2c[nH]c(=S)[nH]2)cc1-c1ccccc1C)C(=O)O. The Hall–Kier alpha value is -3.37. The Morgan fingerprint density at radius 3 is 2.57 bits per heavy atom. The molecule has 1 aromatic heterocycles. The van der Waals surface area contributed by atoms with Crippen LogP contribution in [-0.4, -0.2) is 50.9 Å². The van der Waals surface area contributed by atoms with Gasteiger partial charge in [0.1, 0.15) is 6.04 Å². The zero-order valence-corrected chi connectivity index (χ0v) is 21.1. The molecular formula is C25H28N4O4S2. The minimum atomic E-state index is -1.07. The van der Waals surface area contributed by atoms with Crippen molar-refractivity contribution in [1.29, 1.82) is 0 Å². The number of benzene rings is 2. The average molecular weight is 513 g/mol. The first-order valence-corrected chi connectivity index (χ1v) is 12.9. The fourth-order valence-corrected chi connectivity index (χ4v) is 4.29. The Morgan fingerprint density at radius 1 is 1.14 bits per heavy atom. The van der Waals surface area contributed by atoms with E-state index in [2.05, 4.69) is 20.6 Å². The number of hydrogen-bond acceptors (Lipinski definition) is 5. The molecule has 0 radical (unpaired) electrons. The maximum atomic E-state index is 13.1. The van der Waals surface area contributed by atoms with E-state index in [9.17, 15) is 19.5 Å². The van der Waals surface area contributed by atoms with Crippen molar-refractivity contribution < 1.29 is 19.5 Å². The molecule has 0 bridgehead atoms. The van der Waals surface area contributed by atoms with E-state index in [1.54, 1.807) is 24.4 Å². The summed E-state index contributed by atoms with van der Waals surface area (Å²) in [7, 11) is 0. The van der Waals surface area contributed by atoms with Crippen LogP contribution in [-0.2, 0) is 16.0 Å². The zero-order valence-electron chi connectivity index (χ0n) is 19.5. The summed E-state index contributed by atoms with van der Waals surface area (Å²) in [5.41, 5.74) is 4.11. The third-order valence-electron chi connectivity index (χ3n) is 5.47. The van der Waals surface area contributed by atoms with Gasteiger partial charge in [0.15, 0.2) is 4.77 Å². The molecule has 3 aromatic rings. The number of nitrogens with one attached hydrogen (secondary N) is 4. The average Bonchev–Trinajstić information content (AvgIpc) is 3.25. The van der Waals surface area contributed by atoms with Gasteiger partial charge >= 0.3 is 5.97 Å². The molecule has 8 nitrogen and oxygen atoms in total. The highest BCUT2D eigenvalue weighted by molar-refractivity contribution is 7.98. The van der Waals surface area contributed by atoms with Gasteiger partial charge in [-0.3, -0.25) is 9.59 Å². The summed E-state index contributed by atoms with van der Waals surface area (Å²) < 4.78 is 0.510. The number of amides is 2. The van der Waals surface area contributed by atoms with Crippen LogP contribution in [0.1, 0.15) is 34.5 Å². The predicted octanol–water partition coefficient (Wildman–Crippen LogP) is 4.56. The van der Waals surface area contributed by atoms with Crippen molar-refractivity contribution in [3.05, 3.63) is 70.3 Å². The highest BCUT2D eigenvalue weighted by Crippen LogP contribution is 2.30. The lowest BCUT2D eigenvalue weighted by Gasteiger charge is -2.18. The standard InChI is InChI=1S/C25H28N4O4S2/c1-15-5-3-4-6-18(15)20-13-16(27-22(30)10-8-17-14-26-25(34)28-17)7-9-19(20)23(31)29-21(24(32)33)11-12-35-2/h3-7,9,13-14,21H,8,10-12H2,1-2H3,(H,27,30)(H,29,31)(H,32,33)(H2,26,28,34)/t21-/m0/s1. The molecular weight excluding hydrogens is 484 g/mol. The number of carbonyl (C=O) groups excluding carboxylic acids is 2. The highest BCUT2D eigenvalue weighted by atomic mass is 32.2. The van der Waals surface area contributed by atoms with Crippen molar-refractivity contribution in [1.82, 2.24) is 15.3 Å². The lowest BCUT2D eigenvalue weighted by atomic mass is 9.94. The Kier molecular flexibility index (Phi) is 9.27. The Morgan fingerprint density at radius 2 is 1.91 bits per heavy atom. The number of aromatic amines is 2. The second kappa shape index (κ2) is 12.4. The van der Waals surface area contributed by atoms with E-state index in [0.717, 1.165) is 16.8 Å². The number of carbonyl (C=O) groups is 3. The zero-order chi connectivity index (χ0) is 25.4. The third kappa shape index (κ3) is 7.30. The number of hydrogen-bond donors (Lipinski definition) is 5. The molecule has 10 heteroatoms. The molecule has 0 aliphatic rings. The van der Waals surface area contributed by atoms with Crippen LogP contribution in [0.3, 0.4) is 0 Å². The van der Waals surface area contributed by atoms with Crippen molar-refractivity contribution in [2.75, 3.05) is 17.3 Å². The van der Waals surface area contributed by atoms with Crippen molar-refractivity contribution in [2.24, 2.45) is 0 Å². The van der Waals surface area contributed by atoms with E-state index < -0.39 is 17.9 Å². The van der Waals surface area contributed by atoms with E-state index in [1.807, 2.05) is 37.4 Å². The van der Waals surface area contributed by atoms with Gasteiger partial charge in [-0.1, -0.05) is 24.3 Å². The number of carboxylic acids is 1. The van der Waals surface area contributed by atoms with Gasteiger partial charge < -0.3 is 25.7 Å². The second-order valence-corrected chi connectivity index (χ2v) is 9.43. The largest absolute Gasteiger partial charge is 0.480 e. The smallest absolute Gasteiger partial charge is 0.326 e. The molecule has 0 aliphatic carbocycles. The Balaban J connectivity index is 1.85. The number of anilines is 1. The minimum Gasteiger partial charge on any atom is -0.480 e. The van der Waals surface area contributed by atoms with Crippen molar-refractivity contribution in [2.45, 2.75) is 32.2 Å². The van der Waals surface area contributed by atoms with Crippen LogP contribution in [0.4, 0.5) is 5.69 Å². The van der Waals surface area contributed by atoms with Crippen LogP contribution in [0, 0.1) is 11.7 Å². The molecule has 0 aliphatic heterocycles.